The van der Waals surface area contributed by atoms with E-state index in [0.717, 1.165) is 47.3 Å². The fourth-order valence-electron chi connectivity index (χ4n) is 9.96. The Bertz CT molecular complexity index is 548. The highest BCUT2D eigenvalue weighted by atomic mass is 14.6. The molecule has 4 rings (SSSR count). The van der Waals surface area contributed by atoms with Gasteiger partial charge in [-0.1, -0.05) is 67.2 Å². The lowest BCUT2D eigenvalue weighted by atomic mass is 9.44. The molecule has 0 heteroatoms. The van der Waals surface area contributed by atoms with Crippen LogP contribution in [0.3, 0.4) is 0 Å². The van der Waals surface area contributed by atoms with Crippen molar-refractivity contribution in [3.63, 3.8) is 0 Å². The number of hydrogen-bond acceptors (Lipinski definition) is 0. The van der Waals surface area contributed by atoms with Crippen LogP contribution in [0.4, 0.5) is 0 Å². The minimum absolute atomic E-state index is 0.665. The maximum Gasteiger partial charge on any atom is -0.0264 e. The van der Waals surface area contributed by atoms with E-state index in [-0.39, 0.29) is 0 Å². The van der Waals surface area contributed by atoms with Crippen LogP contribution in [0.25, 0.3) is 0 Å². The van der Waals surface area contributed by atoms with Crippen molar-refractivity contribution in [2.24, 2.45) is 58.2 Å². The smallest absolute Gasteiger partial charge is 0.0264 e. The van der Waals surface area contributed by atoms with Crippen LogP contribution in [-0.4, -0.2) is 0 Å². The van der Waals surface area contributed by atoms with E-state index in [4.69, 9.17) is 0 Å². The molecule has 4 fully saturated rings. The molecule has 168 valence electrons. The Morgan fingerprint density at radius 1 is 0.759 bits per heavy atom. The SMILES string of the molecule is CCC(CCC(C)C1CCC2C3CCC4CCCCC4(C)C3CCC12C)C(C)C. The Morgan fingerprint density at radius 3 is 2.24 bits per heavy atom. The lowest BCUT2D eigenvalue weighted by Gasteiger charge is -2.61. The second-order valence-corrected chi connectivity index (χ2v) is 13.1. The van der Waals surface area contributed by atoms with Crippen molar-refractivity contribution in [1.29, 1.82) is 0 Å². The zero-order valence-electron chi connectivity index (χ0n) is 20.8. The predicted octanol–water partition coefficient (Wildman–Crippen LogP) is 9.13. The van der Waals surface area contributed by atoms with Gasteiger partial charge in [0.25, 0.3) is 0 Å². The normalized spacial score (nSPS) is 46.7. The van der Waals surface area contributed by atoms with Crippen molar-refractivity contribution >= 4 is 0 Å². The van der Waals surface area contributed by atoms with Crippen molar-refractivity contribution in [3.8, 4) is 0 Å². The summed E-state index contributed by atoms with van der Waals surface area (Å²) in [6.45, 7) is 15.4. The molecule has 4 aliphatic carbocycles. The third kappa shape index (κ3) is 3.75. The Morgan fingerprint density at radius 2 is 1.52 bits per heavy atom. The summed E-state index contributed by atoms with van der Waals surface area (Å²) in [5, 5.41) is 0. The zero-order chi connectivity index (χ0) is 20.8. The summed E-state index contributed by atoms with van der Waals surface area (Å²) in [5.74, 6) is 8.02. The van der Waals surface area contributed by atoms with Crippen LogP contribution in [0.15, 0.2) is 0 Å². The lowest BCUT2D eigenvalue weighted by molar-refractivity contribution is -0.114. The number of fused-ring (bicyclic) bond motifs is 5. The summed E-state index contributed by atoms with van der Waals surface area (Å²) in [7, 11) is 0. The largest absolute Gasteiger partial charge is 0.0651 e. The summed E-state index contributed by atoms with van der Waals surface area (Å²) in [4.78, 5) is 0. The highest BCUT2D eigenvalue weighted by molar-refractivity contribution is 5.09. The second kappa shape index (κ2) is 8.50. The number of rotatable bonds is 6. The van der Waals surface area contributed by atoms with Crippen LogP contribution in [0.5, 0.6) is 0 Å². The van der Waals surface area contributed by atoms with Gasteiger partial charge in [-0.05, 0) is 116 Å². The summed E-state index contributed by atoms with van der Waals surface area (Å²) < 4.78 is 0. The van der Waals surface area contributed by atoms with Crippen LogP contribution in [0, 0.1) is 58.2 Å². The second-order valence-electron chi connectivity index (χ2n) is 13.1. The molecule has 0 aromatic carbocycles. The topological polar surface area (TPSA) is 0 Å². The summed E-state index contributed by atoms with van der Waals surface area (Å²) in [5.41, 5.74) is 1.37. The third-order valence-electron chi connectivity index (χ3n) is 11.8. The Kier molecular flexibility index (Phi) is 6.51. The zero-order valence-corrected chi connectivity index (χ0v) is 20.8. The molecule has 29 heavy (non-hydrogen) atoms. The Labute approximate surface area is 183 Å². The molecule has 0 aliphatic heterocycles. The fraction of sp³-hybridized carbons (Fsp3) is 1.00. The summed E-state index contributed by atoms with van der Waals surface area (Å²) in [6, 6.07) is 0. The maximum absolute atomic E-state index is 2.76. The van der Waals surface area contributed by atoms with Crippen molar-refractivity contribution in [2.45, 2.75) is 125 Å². The van der Waals surface area contributed by atoms with Crippen LogP contribution in [0.1, 0.15) is 125 Å². The fourth-order valence-corrected chi connectivity index (χ4v) is 9.96. The van der Waals surface area contributed by atoms with Gasteiger partial charge in [-0.25, -0.2) is 0 Å². The molecule has 0 nitrogen and oxygen atoms in total. The molecule has 0 aromatic heterocycles. The minimum Gasteiger partial charge on any atom is -0.0651 e. The summed E-state index contributed by atoms with van der Waals surface area (Å²) >= 11 is 0. The molecule has 4 aliphatic rings. The van der Waals surface area contributed by atoms with Crippen LogP contribution in [0.2, 0.25) is 0 Å². The van der Waals surface area contributed by atoms with Gasteiger partial charge in [0.15, 0.2) is 0 Å². The van der Waals surface area contributed by atoms with E-state index in [1.165, 1.54) is 32.1 Å². The Balaban J connectivity index is 1.45. The quantitative estimate of drug-likeness (QED) is 0.417. The van der Waals surface area contributed by atoms with Gasteiger partial charge in [0.2, 0.25) is 0 Å². The molecular weight excluding hydrogens is 348 g/mol. The van der Waals surface area contributed by atoms with E-state index in [0.29, 0.717) is 10.8 Å². The first kappa shape index (κ1) is 22.2. The molecule has 4 saturated carbocycles. The van der Waals surface area contributed by atoms with Gasteiger partial charge in [-0.3, -0.25) is 0 Å². The third-order valence-corrected chi connectivity index (χ3v) is 11.8. The molecule has 0 spiro atoms. The molecular formula is C29H52. The highest BCUT2D eigenvalue weighted by Gasteiger charge is 2.60. The van der Waals surface area contributed by atoms with E-state index >= 15 is 0 Å². The molecule has 0 saturated heterocycles. The lowest BCUT2D eigenvalue weighted by Crippen LogP contribution is -2.53. The maximum atomic E-state index is 2.76. The van der Waals surface area contributed by atoms with Gasteiger partial charge in [0, 0.05) is 0 Å². The Hall–Kier alpha value is 0. The van der Waals surface area contributed by atoms with Crippen LogP contribution < -0.4 is 0 Å². The highest BCUT2D eigenvalue weighted by Crippen LogP contribution is 2.68. The minimum atomic E-state index is 0.665. The van der Waals surface area contributed by atoms with E-state index in [1.54, 1.807) is 51.4 Å². The van der Waals surface area contributed by atoms with Crippen molar-refractivity contribution in [1.82, 2.24) is 0 Å². The summed E-state index contributed by atoms with van der Waals surface area (Å²) in [6.07, 6.45) is 19.8. The first-order valence-electron chi connectivity index (χ1n) is 13.8. The predicted molar refractivity (Wildman–Crippen MR) is 127 cm³/mol. The molecule has 0 radical (unpaired) electrons. The van der Waals surface area contributed by atoms with E-state index in [9.17, 15) is 0 Å². The van der Waals surface area contributed by atoms with E-state index in [1.807, 2.05) is 0 Å². The molecule has 9 atom stereocenters. The van der Waals surface area contributed by atoms with Crippen LogP contribution >= 0.6 is 0 Å². The van der Waals surface area contributed by atoms with Gasteiger partial charge in [0.05, 0.1) is 0 Å². The van der Waals surface area contributed by atoms with Crippen molar-refractivity contribution in [2.75, 3.05) is 0 Å². The molecule has 0 amide bonds. The van der Waals surface area contributed by atoms with Crippen molar-refractivity contribution < 1.29 is 0 Å². The standard InChI is InChI=1S/C29H52/c1-7-22(20(2)3)12-11-21(4)25-15-16-26-24-14-13-23-10-8-9-18-28(23,5)27(24)17-19-29(25,26)6/h20-27H,7-19H2,1-6H3. The first-order chi connectivity index (χ1) is 13.8. The van der Waals surface area contributed by atoms with Gasteiger partial charge in [0.1, 0.15) is 0 Å². The molecule has 0 N–H and O–H groups in total. The van der Waals surface area contributed by atoms with Crippen molar-refractivity contribution in [3.05, 3.63) is 0 Å². The average molecular weight is 401 g/mol. The van der Waals surface area contributed by atoms with Gasteiger partial charge in [-0.15, -0.1) is 0 Å². The van der Waals surface area contributed by atoms with Gasteiger partial charge in [-0.2, -0.15) is 0 Å². The van der Waals surface area contributed by atoms with Gasteiger partial charge >= 0.3 is 0 Å². The molecule has 0 bridgehead atoms. The molecule has 9 unspecified atom stereocenters. The monoisotopic (exact) mass is 400 g/mol. The van der Waals surface area contributed by atoms with E-state index < -0.39 is 0 Å². The van der Waals surface area contributed by atoms with Gasteiger partial charge < -0.3 is 0 Å². The number of hydrogen-bond donors (Lipinski definition) is 0. The van der Waals surface area contributed by atoms with Crippen LogP contribution in [-0.2, 0) is 0 Å². The average Bonchev–Trinajstić information content (AvgIpc) is 3.05. The first-order valence-corrected chi connectivity index (χ1v) is 13.8. The van der Waals surface area contributed by atoms with E-state index in [2.05, 4.69) is 41.5 Å². The molecule has 0 heterocycles. The molecule has 0 aromatic rings.